The third-order valence-corrected chi connectivity index (χ3v) is 12.8. The fourth-order valence-corrected chi connectivity index (χ4v) is 8.44. The molecule has 26 heteroatoms. The van der Waals surface area contributed by atoms with E-state index >= 15 is 0 Å². The molecule has 0 aromatic rings. The van der Waals surface area contributed by atoms with Crippen molar-refractivity contribution in [1.29, 1.82) is 0 Å². The summed E-state index contributed by atoms with van der Waals surface area (Å²) in [5.41, 5.74) is 0. The van der Waals surface area contributed by atoms with Crippen molar-refractivity contribution in [2.24, 2.45) is 0 Å². The summed E-state index contributed by atoms with van der Waals surface area (Å²) in [5.74, 6) is -0.648. The summed E-state index contributed by atoms with van der Waals surface area (Å²) in [4.78, 5) is 52.2. The number of hydrogen-bond acceptors (Lipinski definition) is 8. The molecule has 0 radical (unpaired) electrons. The molecule has 0 saturated carbocycles. The SMILES string of the molecule is CCCCCCCC/C=C\CCCCCCCCNC(=O)C(CCCCN[S-])NC(=O)CCCCC(=O)NC(CCCCN[S-])C(=O)NCCCCCCCC/C=C\CCCCCCCC.Cl.Cl.Cl.Cl.Cl.Cl.Cl.Cl.[CH3-].[CH3-].[CH3-].[CH3-].[K+].[K+].[K+].[K+].[K+].[K+]. The van der Waals surface area contributed by atoms with E-state index in [9.17, 15) is 19.2 Å². The van der Waals surface area contributed by atoms with E-state index in [4.69, 9.17) is 25.6 Å². The Morgan fingerprint density at radius 3 is 0.798 bits per heavy atom. The van der Waals surface area contributed by atoms with E-state index in [1.54, 1.807) is 0 Å². The fourth-order valence-electron chi connectivity index (χ4n) is 8.15. The van der Waals surface area contributed by atoms with E-state index in [1.165, 1.54) is 154 Å². The summed E-state index contributed by atoms with van der Waals surface area (Å²) in [5, 5.41) is 12.0. The Bertz CT molecular complexity index is 1160. The minimum atomic E-state index is -0.591. The number of carbonyl (C=O) groups is 4. The Labute approximate surface area is 837 Å². The van der Waals surface area contributed by atoms with Crippen LogP contribution in [0, 0.1) is 29.7 Å². The van der Waals surface area contributed by atoms with Crippen molar-refractivity contribution in [3.05, 3.63) is 54.0 Å². The molecular formula is C58H122Cl8K6N6O4S2. The van der Waals surface area contributed by atoms with E-state index in [0.29, 0.717) is 51.9 Å². The Morgan fingerprint density at radius 2 is 0.548 bits per heavy atom. The van der Waals surface area contributed by atoms with Gasteiger partial charge in [-0.05, 0) is 129 Å². The van der Waals surface area contributed by atoms with Gasteiger partial charge in [-0.1, -0.05) is 154 Å². The number of hydrogen-bond donors (Lipinski definition) is 6. The van der Waals surface area contributed by atoms with Crippen molar-refractivity contribution in [2.75, 3.05) is 26.2 Å². The van der Waals surface area contributed by atoms with Crippen molar-refractivity contribution in [3.63, 3.8) is 0 Å². The molecule has 0 bridgehead atoms. The van der Waals surface area contributed by atoms with Gasteiger partial charge in [0.05, 0.1) is 0 Å². The molecule has 0 aliphatic carbocycles. The topological polar surface area (TPSA) is 140 Å². The zero-order valence-corrected chi connectivity index (χ0v) is 82.8. The maximum Gasteiger partial charge on any atom is 1.00 e. The number of rotatable bonds is 51. The summed E-state index contributed by atoms with van der Waals surface area (Å²) in [7, 11) is 0. The first-order valence-electron chi connectivity index (χ1n) is 27.5. The van der Waals surface area contributed by atoms with Gasteiger partial charge < -0.3 is 86.0 Å². The average Bonchev–Trinajstić information content (AvgIpc) is 3.31. The Balaban J connectivity index is -0.000000138. The molecule has 10 nitrogen and oxygen atoms in total. The van der Waals surface area contributed by atoms with Gasteiger partial charge in [-0.3, -0.25) is 19.2 Å². The molecule has 0 saturated heterocycles. The van der Waals surface area contributed by atoms with E-state index in [0.717, 1.165) is 51.4 Å². The Hall–Kier alpha value is 10.1. The molecule has 84 heavy (non-hydrogen) atoms. The Kier molecular flexibility index (Phi) is 212. The molecular weight excluding hydrogens is 1430 g/mol. The molecule has 2 unspecified atom stereocenters. The molecule has 0 spiro atoms. The second-order valence-corrected chi connectivity index (χ2v) is 19.3. The standard InChI is InChI=1S/C54H102N6O4S2.4CH3.8ClH.6K/c1-3-5-7-9-11-13-15-17-19-21-23-25-27-29-31-37-45-55-53(63)49(41-35-39-47-57-65)59-51(61)43-33-34-44-52(62)60-50(42-36-40-48-58-66)54(64)56-46-38-32-30-28-26-24-22-20-18-16-14-12-10-8-6-4-2;;;;;;;;;;;;;;;;;;/h17-20,49-50,57-58H,3-16,21-48H2,1-2H3,(H,55,63)(H,56,64)(H,59,61)(H,60,62);4*1H3;8*1H;;;;;;/q-2;4*-1;;;;;;;;;6*+1/b19-17-,20-18-;;;;;;;;;;;;;;;;;;. The van der Waals surface area contributed by atoms with Crippen molar-refractivity contribution in [2.45, 2.75) is 270 Å². The molecule has 0 aliphatic heterocycles. The van der Waals surface area contributed by atoms with E-state index in [-0.39, 0.29) is 474 Å². The number of nitrogens with one attached hydrogen (secondary N) is 6. The average molecular weight is 1550 g/mol. The van der Waals surface area contributed by atoms with Crippen molar-refractivity contribution in [1.82, 2.24) is 30.7 Å². The maximum absolute atomic E-state index is 13.1. The zero-order chi connectivity index (χ0) is 48.2. The monoisotopic (exact) mass is 1540 g/mol. The third kappa shape index (κ3) is 111. The second-order valence-electron chi connectivity index (χ2n) is 18.7. The number of allylic oxidation sites excluding steroid dienone is 4. The largest absolute Gasteiger partial charge is 1.00 e. The molecule has 6 N–H and O–H groups in total. The van der Waals surface area contributed by atoms with Crippen LogP contribution >= 0.6 is 99.3 Å². The van der Waals surface area contributed by atoms with Gasteiger partial charge in [0.1, 0.15) is 12.1 Å². The summed E-state index contributed by atoms with van der Waals surface area (Å²) >= 11 is 9.70. The Morgan fingerprint density at radius 1 is 0.321 bits per heavy atom. The summed E-state index contributed by atoms with van der Waals surface area (Å²) in [6.45, 7) is 7.11. The third-order valence-electron chi connectivity index (χ3n) is 12.4. The van der Waals surface area contributed by atoms with Gasteiger partial charge in [-0.15, -0.1) is 99.3 Å². The normalized spacial score (nSPS) is 9.81. The minimum Gasteiger partial charge on any atom is -0.705 e. The maximum atomic E-state index is 13.1. The predicted octanol–water partition coefficient (Wildman–Crippen LogP) is -0.533. The van der Waals surface area contributed by atoms with Gasteiger partial charge in [0.15, 0.2) is 0 Å². The molecule has 0 heterocycles. The van der Waals surface area contributed by atoms with Crippen molar-refractivity contribution >= 4 is 149 Å². The van der Waals surface area contributed by atoms with Gasteiger partial charge in [0.2, 0.25) is 23.6 Å². The predicted molar refractivity (Wildman–Crippen MR) is 369 cm³/mol. The number of unbranched alkanes of at least 4 members (excludes halogenated alkanes) is 27. The van der Waals surface area contributed by atoms with E-state index < -0.39 is 12.1 Å². The summed E-state index contributed by atoms with van der Waals surface area (Å²) < 4.78 is 5.47. The van der Waals surface area contributed by atoms with Crippen LogP contribution in [-0.2, 0) is 44.8 Å². The number of halogens is 8. The zero-order valence-electron chi connectivity index (χ0n) is 55.9. The molecule has 482 valence electrons. The van der Waals surface area contributed by atoms with Crippen LogP contribution in [0.25, 0.3) is 0 Å². The quantitative estimate of drug-likeness (QED) is 0.0157. The molecule has 0 rings (SSSR count). The molecule has 0 aliphatic rings. The van der Waals surface area contributed by atoms with E-state index in [2.05, 4.69) is 68.9 Å². The van der Waals surface area contributed by atoms with Crippen molar-refractivity contribution in [3.8, 4) is 0 Å². The van der Waals surface area contributed by atoms with Crippen LogP contribution in [0.1, 0.15) is 258 Å². The molecule has 4 amide bonds. The van der Waals surface area contributed by atoms with Crippen LogP contribution in [0.3, 0.4) is 0 Å². The van der Waals surface area contributed by atoms with Gasteiger partial charge in [-0.25, -0.2) is 0 Å². The van der Waals surface area contributed by atoms with Crippen LogP contribution in [0.2, 0.25) is 0 Å². The molecule has 2 atom stereocenters. The minimum absolute atomic E-state index is 0. The van der Waals surface area contributed by atoms with Gasteiger partial charge in [-0.2, -0.15) is 0 Å². The summed E-state index contributed by atoms with van der Waals surface area (Å²) in [6.07, 6.45) is 50.0. The fraction of sp³-hybridized carbons (Fsp3) is 0.793. The molecule has 0 fully saturated rings. The van der Waals surface area contributed by atoms with Gasteiger partial charge >= 0.3 is 308 Å². The summed E-state index contributed by atoms with van der Waals surface area (Å²) in [6, 6.07) is -1.18. The number of amides is 4. The smallest absolute Gasteiger partial charge is 0.705 e. The second kappa shape index (κ2) is 123. The van der Waals surface area contributed by atoms with Gasteiger partial charge in [0.25, 0.3) is 0 Å². The van der Waals surface area contributed by atoms with Crippen LogP contribution in [0.5, 0.6) is 0 Å². The first kappa shape index (κ1) is 145. The van der Waals surface area contributed by atoms with Crippen LogP contribution in [0.15, 0.2) is 24.3 Å². The first-order valence-corrected chi connectivity index (χ1v) is 28.3. The van der Waals surface area contributed by atoms with E-state index in [1.807, 2.05) is 0 Å². The van der Waals surface area contributed by atoms with Crippen molar-refractivity contribution < 1.29 is 327 Å². The molecule has 0 aromatic heterocycles. The van der Waals surface area contributed by atoms with Gasteiger partial charge in [0, 0.05) is 25.9 Å². The number of carbonyl (C=O) groups excluding carboxylic acids is 4. The molecule has 0 aromatic carbocycles. The first-order chi connectivity index (χ1) is 32.4. The van der Waals surface area contributed by atoms with Crippen LogP contribution in [-0.4, -0.2) is 61.9 Å². The van der Waals surface area contributed by atoms with Crippen LogP contribution in [0.4, 0.5) is 0 Å². The van der Waals surface area contributed by atoms with Crippen LogP contribution < -0.4 is 339 Å².